The van der Waals surface area contributed by atoms with Crippen molar-refractivity contribution >= 4 is 5.91 Å². The monoisotopic (exact) mass is 237 g/mol. The second kappa shape index (κ2) is 6.20. The number of nitrogens with one attached hydrogen (secondary N) is 1. The fraction of sp³-hybridized carbons (Fsp3) is 0.500. The summed E-state index contributed by atoms with van der Waals surface area (Å²) >= 11 is 0. The van der Waals surface area contributed by atoms with Crippen LogP contribution < -0.4 is 16.6 Å². The fourth-order valence-electron chi connectivity index (χ4n) is 1.37. The molecule has 5 heteroatoms. The summed E-state index contributed by atoms with van der Waals surface area (Å²) in [5, 5.41) is 2.74. The Balaban J connectivity index is 2.53. The molecule has 0 fully saturated rings. The Morgan fingerprint density at radius 2 is 2.29 bits per heavy atom. The molecule has 0 radical (unpaired) electrons. The minimum Gasteiger partial charge on any atom is -0.352 e. The number of carbonyl (C=O) groups excluding carboxylic acids is 1. The van der Waals surface area contributed by atoms with Gasteiger partial charge in [0, 0.05) is 37.5 Å². The Kier molecular flexibility index (Phi) is 4.90. The van der Waals surface area contributed by atoms with E-state index in [2.05, 4.69) is 5.32 Å². The quantitative estimate of drug-likeness (QED) is 0.770. The van der Waals surface area contributed by atoms with Gasteiger partial charge in [0.2, 0.25) is 0 Å². The third-order valence-corrected chi connectivity index (χ3v) is 2.69. The van der Waals surface area contributed by atoms with Crippen molar-refractivity contribution in [1.29, 1.82) is 0 Å². The first-order valence-corrected chi connectivity index (χ1v) is 5.75. The van der Waals surface area contributed by atoms with Crippen molar-refractivity contribution < 1.29 is 4.79 Å². The number of pyridine rings is 1. The minimum atomic E-state index is -0.231. The number of carbonyl (C=O) groups is 1. The Morgan fingerprint density at radius 3 is 2.88 bits per heavy atom. The Morgan fingerprint density at radius 1 is 1.59 bits per heavy atom. The van der Waals surface area contributed by atoms with Gasteiger partial charge in [-0.25, -0.2) is 0 Å². The van der Waals surface area contributed by atoms with Gasteiger partial charge in [0.05, 0.1) is 0 Å². The molecule has 94 valence electrons. The molecule has 1 amide bonds. The summed E-state index contributed by atoms with van der Waals surface area (Å²) in [6.45, 7) is 2.54. The SMILES string of the molecule is CCC(N)CCNC(=O)c1ccn(C)c(=O)c1. The maximum absolute atomic E-state index is 11.7. The van der Waals surface area contributed by atoms with Crippen LogP contribution in [0, 0.1) is 0 Å². The van der Waals surface area contributed by atoms with Gasteiger partial charge < -0.3 is 15.6 Å². The molecule has 0 spiro atoms. The maximum Gasteiger partial charge on any atom is 0.251 e. The lowest BCUT2D eigenvalue weighted by molar-refractivity contribution is 0.0952. The highest BCUT2D eigenvalue weighted by Gasteiger charge is 2.06. The van der Waals surface area contributed by atoms with E-state index in [1.807, 2.05) is 6.92 Å². The van der Waals surface area contributed by atoms with Crippen LogP contribution in [0.1, 0.15) is 30.1 Å². The van der Waals surface area contributed by atoms with Crippen LogP contribution in [-0.4, -0.2) is 23.1 Å². The van der Waals surface area contributed by atoms with Crippen molar-refractivity contribution in [2.24, 2.45) is 12.8 Å². The van der Waals surface area contributed by atoms with Gasteiger partial charge in [-0.05, 0) is 18.9 Å². The largest absolute Gasteiger partial charge is 0.352 e. The zero-order valence-corrected chi connectivity index (χ0v) is 10.3. The summed E-state index contributed by atoms with van der Waals surface area (Å²) in [5.74, 6) is -0.231. The molecule has 0 saturated heterocycles. The predicted octanol–water partition coefficient (Wildman–Crippen LogP) is 0.243. The fourth-order valence-corrected chi connectivity index (χ4v) is 1.37. The van der Waals surface area contributed by atoms with Crippen molar-refractivity contribution in [1.82, 2.24) is 9.88 Å². The molecule has 0 saturated carbocycles. The van der Waals surface area contributed by atoms with Crippen molar-refractivity contribution in [2.45, 2.75) is 25.8 Å². The van der Waals surface area contributed by atoms with Gasteiger partial charge in [-0.1, -0.05) is 6.92 Å². The van der Waals surface area contributed by atoms with Crippen LogP contribution in [0.2, 0.25) is 0 Å². The molecule has 0 aliphatic heterocycles. The van der Waals surface area contributed by atoms with Crippen LogP contribution in [-0.2, 0) is 7.05 Å². The summed E-state index contributed by atoms with van der Waals surface area (Å²) in [5.41, 5.74) is 5.93. The molecule has 0 aliphatic rings. The topological polar surface area (TPSA) is 77.1 Å². The number of nitrogens with two attached hydrogens (primary N) is 1. The van der Waals surface area contributed by atoms with E-state index in [0.29, 0.717) is 12.1 Å². The maximum atomic E-state index is 11.7. The van der Waals surface area contributed by atoms with Crippen LogP contribution in [0.3, 0.4) is 0 Å². The van der Waals surface area contributed by atoms with Crippen molar-refractivity contribution in [3.63, 3.8) is 0 Å². The number of nitrogens with zero attached hydrogens (tertiary/aromatic N) is 1. The Bertz CT molecular complexity index is 440. The summed E-state index contributed by atoms with van der Waals surface area (Å²) in [4.78, 5) is 23.0. The van der Waals surface area contributed by atoms with Crippen LogP contribution in [0.4, 0.5) is 0 Å². The van der Waals surface area contributed by atoms with E-state index in [4.69, 9.17) is 5.73 Å². The first kappa shape index (κ1) is 13.4. The number of hydrogen-bond acceptors (Lipinski definition) is 3. The standard InChI is InChI=1S/C12H19N3O2/c1-3-10(13)4-6-14-12(17)9-5-7-15(2)11(16)8-9/h5,7-8,10H,3-4,6,13H2,1-2H3,(H,14,17). The van der Waals surface area contributed by atoms with E-state index in [1.54, 1.807) is 19.3 Å². The second-order valence-electron chi connectivity index (χ2n) is 4.08. The summed E-state index contributed by atoms with van der Waals surface area (Å²) in [7, 11) is 1.64. The summed E-state index contributed by atoms with van der Waals surface area (Å²) < 4.78 is 1.42. The van der Waals surface area contributed by atoms with E-state index >= 15 is 0 Å². The van der Waals surface area contributed by atoms with Gasteiger partial charge in [0.1, 0.15) is 0 Å². The van der Waals surface area contributed by atoms with Crippen molar-refractivity contribution in [3.05, 3.63) is 34.2 Å². The van der Waals surface area contributed by atoms with Gasteiger partial charge in [-0.15, -0.1) is 0 Å². The first-order valence-electron chi connectivity index (χ1n) is 5.75. The summed E-state index contributed by atoms with van der Waals surface area (Å²) in [6, 6.07) is 3.06. The van der Waals surface area contributed by atoms with E-state index in [0.717, 1.165) is 12.8 Å². The van der Waals surface area contributed by atoms with Crippen molar-refractivity contribution in [2.75, 3.05) is 6.54 Å². The molecule has 1 atom stereocenters. The lowest BCUT2D eigenvalue weighted by Crippen LogP contribution is -2.31. The molecule has 3 N–H and O–H groups in total. The number of aryl methyl sites for hydroxylation is 1. The van der Waals surface area contributed by atoms with E-state index in [9.17, 15) is 9.59 Å². The molecule has 17 heavy (non-hydrogen) atoms. The van der Waals surface area contributed by atoms with Gasteiger partial charge in [0.15, 0.2) is 0 Å². The second-order valence-corrected chi connectivity index (χ2v) is 4.08. The molecular formula is C12H19N3O2. The molecule has 1 rings (SSSR count). The molecule has 0 aromatic carbocycles. The van der Waals surface area contributed by atoms with E-state index < -0.39 is 0 Å². The molecule has 1 aromatic rings. The zero-order chi connectivity index (χ0) is 12.8. The summed E-state index contributed by atoms with van der Waals surface area (Å²) in [6.07, 6.45) is 3.21. The third kappa shape index (κ3) is 4.03. The lowest BCUT2D eigenvalue weighted by atomic mass is 10.1. The third-order valence-electron chi connectivity index (χ3n) is 2.69. The molecular weight excluding hydrogens is 218 g/mol. The Hall–Kier alpha value is -1.62. The molecule has 1 unspecified atom stereocenters. The molecule has 1 heterocycles. The van der Waals surface area contributed by atoms with Crippen LogP contribution in [0.15, 0.2) is 23.1 Å². The Labute approximate surface area is 101 Å². The van der Waals surface area contributed by atoms with Gasteiger partial charge >= 0.3 is 0 Å². The van der Waals surface area contributed by atoms with Crippen LogP contribution in [0.25, 0.3) is 0 Å². The number of rotatable bonds is 5. The first-order chi connectivity index (χ1) is 8.04. The molecule has 0 bridgehead atoms. The normalized spacial score (nSPS) is 12.2. The van der Waals surface area contributed by atoms with Crippen LogP contribution >= 0.6 is 0 Å². The van der Waals surface area contributed by atoms with E-state index in [1.165, 1.54) is 10.6 Å². The highest BCUT2D eigenvalue weighted by molar-refractivity contribution is 5.93. The average molecular weight is 237 g/mol. The molecule has 1 aromatic heterocycles. The number of aromatic nitrogens is 1. The smallest absolute Gasteiger partial charge is 0.251 e. The number of hydrogen-bond donors (Lipinski definition) is 2. The van der Waals surface area contributed by atoms with Crippen LogP contribution in [0.5, 0.6) is 0 Å². The van der Waals surface area contributed by atoms with Gasteiger partial charge in [-0.3, -0.25) is 9.59 Å². The van der Waals surface area contributed by atoms with Gasteiger partial charge in [0.25, 0.3) is 11.5 Å². The lowest BCUT2D eigenvalue weighted by Gasteiger charge is -2.09. The highest BCUT2D eigenvalue weighted by Crippen LogP contribution is 1.95. The zero-order valence-electron chi connectivity index (χ0n) is 10.3. The van der Waals surface area contributed by atoms with E-state index in [-0.39, 0.29) is 17.5 Å². The average Bonchev–Trinajstić information content (AvgIpc) is 2.32. The minimum absolute atomic E-state index is 0.110. The van der Waals surface area contributed by atoms with Gasteiger partial charge in [-0.2, -0.15) is 0 Å². The molecule has 5 nitrogen and oxygen atoms in total. The number of amides is 1. The predicted molar refractivity (Wildman–Crippen MR) is 66.9 cm³/mol. The molecule has 0 aliphatic carbocycles. The van der Waals surface area contributed by atoms with Crippen molar-refractivity contribution in [3.8, 4) is 0 Å². The highest BCUT2D eigenvalue weighted by atomic mass is 16.2.